The quantitative estimate of drug-likeness (QED) is 0.668. The summed E-state index contributed by atoms with van der Waals surface area (Å²) in [6.07, 6.45) is 3.90. The van der Waals surface area contributed by atoms with Gasteiger partial charge in [0.25, 0.3) is 5.91 Å². The van der Waals surface area contributed by atoms with Gasteiger partial charge in [-0.3, -0.25) is 4.79 Å². The molecule has 8 nitrogen and oxygen atoms in total. The van der Waals surface area contributed by atoms with E-state index in [-0.39, 0.29) is 23.5 Å². The molecule has 0 aliphatic carbocycles. The Hall–Kier alpha value is -3.36. The number of rotatable bonds is 6. The highest BCUT2D eigenvalue weighted by Crippen LogP contribution is 2.35. The second kappa shape index (κ2) is 7.81. The summed E-state index contributed by atoms with van der Waals surface area (Å²) in [5.41, 5.74) is 6.73. The number of hydrogen-bond acceptors (Lipinski definition) is 6. The maximum absolute atomic E-state index is 14.0. The second-order valence-electron chi connectivity index (χ2n) is 7.50. The van der Waals surface area contributed by atoms with Crippen molar-refractivity contribution >= 4 is 17.4 Å². The van der Waals surface area contributed by atoms with Gasteiger partial charge in [0.05, 0.1) is 24.5 Å². The number of anilines is 1. The number of hydrogen-bond donors (Lipinski definition) is 1. The Morgan fingerprint density at radius 1 is 1.47 bits per heavy atom. The predicted octanol–water partition coefficient (Wildman–Crippen LogP) is 2.93. The van der Waals surface area contributed by atoms with Gasteiger partial charge >= 0.3 is 0 Å². The smallest absolute Gasteiger partial charge is 0.254 e. The van der Waals surface area contributed by atoms with E-state index in [0.29, 0.717) is 41.7 Å². The summed E-state index contributed by atoms with van der Waals surface area (Å²) in [7, 11) is 0. The minimum absolute atomic E-state index is 0.00581. The monoisotopic (exact) mass is 413 g/mol. The number of carbonyl (C=O) groups is 1. The molecule has 2 N–H and O–H groups in total. The summed E-state index contributed by atoms with van der Waals surface area (Å²) < 4.78 is 27.3. The molecule has 1 aliphatic heterocycles. The van der Waals surface area contributed by atoms with E-state index < -0.39 is 5.91 Å². The molecule has 9 heteroatoms. The SMILES string of the molecule is CCC(C)Oc1ccc(F)cc1CN1c2nc3c(C(N)=O)cnn3cc2OCC1C. The minimum Gasteiger partial charge on any atom is -0.490 e. The molecule has 158 valence electrons. The Balaban J connectivity index is 1.76. The number of amides is 1. The molecule has 0 saturated heterocycles. The fourth-order valence-corrected chi connectivity index (χ4v) is 3.38. The highest BCUT2D eigenvalue weighted by molar-refractivity contribution is 5.98. The van der Waals surface area contributed by atoms with Crippen LogP contribution in [0.3, 0.4) is 0 Å². The highest BCUT2D eigenvalue weighted by atomic mass is 19.1. The normalized spacial score (nSPS) is 16.8. The molecule has 0 spiro atoms. The molecule has 0 saturated carbocycles. The van der Waals surface area contributed by atoms with Crippen LogP contribution in [-0.4, -0.2) is 39.3 Å². The Bertz CT molecular complexity index is 1100. The Labute approximate surface area is 173 Å². The molecule has 2 aromatic heterocycles. The van der Waals surface area contributed by atoms with Crippen LogP contribution in [0.15, 0.2) is 30.6 Å². The number of ether oxygens (including phenoxy) is 2. The van der Waals surface area contributed by atoms with E-state index in [9.17, 15) is 9.18 Å². The van der Waals surface area contributed by atoms with E-state index in [4.69, 9.17) is 15.2 Å². The third-order valence-electron chi connectivity index (χ3n) is 5.26. The lowest BCUT2D eigenvalue weighted by atomic mass is 10.1. The fraction of sp³-hybridized carbons (Fsp3) is 0.381. The number of aromatic nitrogens is 3. The van der Waals surface area contributed by atoms with Crippen LogP contribution in [-0.2, 0) is 6.54 Å². The molecular formula is C21H24FN5O3. The molecule has 1 aliphatic rings. The van der Waals surface area contributed by atoms with Crippen molar-refractivity contribution in [2.45, 2.75) is 45.9 Å². The van der Waals surface area contributed by atoms with Crippen LogP contribution in [0.25, 0.3) is 5.65 Å². The molecule has 1 aromatic carbocycles. The average molecular weight is 413 g/mol. The van der Waals surface area contributed by atoms with Gasteiger partial charge in [-0.05, 0) is 38.5 Å². The molecule has 0 fully saturated rings. The summed E-state index contributed by atoms with van der Waals surface area (Å²) in [6, 6.07) is 4.49. The number of carbonyl (C=O) groups excluding carboxylic acids is 1. The van der Waals surface area contributed by atoms with E-state index in [1.165, 1.54) is 22.8 Å². The molecule has 2 unspecified atom stereocenters. The van der Waals surface area contributed by atoms with Gasteiger partial charge in [0.1, 0.15) is 23.7 Å². The van der Waals surface area contributed by atoms with Crippen molar-refractivity contribution in [1.82, 2.24) is 14.6 Å². The zero-order valence-corrected chi connectivity index (χ0v) is 17.1. The molecule has 3 heterocycles. The molecule has 0 radical (unpaired) electrons. The van der Waals surface area contributed by atoms with Gasteiger partial charge in [-0.25, -0.2) is 13.9 Å². The average Bonchev–Trinajstić information content (AvgIpc) is 3.13. The van der Waals surface area contributed by atoms with Gasteiger partial charge in [-0.15, -0.1) is 0 Å². The summed E-state index contributed by atoms with van der Waals surface area (Å²) in [6.45, 7) is 6.80. The largest absolute Gasteiger partial charge is 0.490 e. The first-order valence-electron chi connectivity index (χ1n) is 9.90. The predicted molar refractivity (Wildman–Crippen MR) is 109 cm³/mol. The van der Waals surface area contributed by atoms with E-state index >= 15 is 0 Å². The number of fused-ring (bicyclic) bond motifs is 2. The van der Waals surface area contributed by atoms with Gasteiger partial charge < -0.3 is 20.1 Å². The van der Waals surface area contributed by atoms with Crippen molar-refractivity contribution in [1.29, 1.82) is 0 Å². The molecular weight excluding hydrogens is 389 g/mol. The fourth-order valence-electron chi connectivity index (χ4n) is 3.38. The number of nitrogens with two attached hydrogens (primary N) is 1. The lowest BCUT2D eigenvalue weighted by molar-refractivity contribution is 0.100. The zero-order valence-electron chi connectivity index (χ0n) is 17.1. The third-order valence-corrected chi connectivity index (χ3v) is 5.26. The second-order valence-corrected chi connectivity index (χ2v) is 7.50. The van der Waals surface area contributed by atoms with Crippen LogP contribution in [0.4, 0.5) is 10.2 Å². The lowest BCUT2D eigenvalue weighted by Crippen LogP contribution is -2.41. The van der Waals surface area contributed by atoms with Gasteiger partial charge in [0.15, 0.2) is 17.2 Å². The van der Waals surface area contributed by atoms with Crippen LogP contribution in [0.5, 0.6) is 11.5 Å². The van der Waals surface area contributed by atoms with Gasteiger partial charge in [0.2, 0.25) is 0 Å². The maximum atomic E-state index is 14.0. The lowest BCUT2D eigenvalue weighted by Gasteiger charge is -2.36. The number of halogens is 1. The van der Waals surface area contributed by atoms with Crippen molar-refractivity contribution in [2.75, 3.05) is 11.5 Å². The van der Waals surface area contributed by atoms with E-state index in [1.807, 2.05) is 25.7 Å². The standard InChI is InChI=1S/C21H24FN5O3/c1-4-13(3)30-17-6-5-15(22)7-14(17)9-26-12(2)11-29-18-10-27-20(25-21(18)26)16(8-24-27)19(23)28/h5-8,10,12-13H,4,9,11H2,1-3H3,(H2,23,28). The molecule has 2 atom stereocenters. The summed E-state index contributed by atoms with van der Waals surface area (Å²) >= 11 is 0. The summed E-state index contributed by atoms with van der Waals surface area (Å²) in [5.74, 6) is 0.763. The van der Waals surface area contributed by atoms with Gasteiger partial charge in [-0.2, -0.15) is 5.10 Å². The summed E-state index contributed by atoms with van der Waals surface area (Å²) in [5, 5.41) is 4.13. The third kappa shape index (κ3) is 3.62. The van der Waals surface area contributed by atoms with E-state index in [2.05, 4.69) is 10.1 Å². The summed E-state index contributed by atoms with van der Waals surface area (Å²) in [4.78, 5) is 18.3. The van der Waals surface area contributed by atoms with Crippen LogP contribution in [0, 0.1) is 5.82 Å². The Morgan fingerprint density at radius 3 is 3.00 bits per heavy atom. The molecule has 4 rings (SSSR count). The first-order valence-corrected chi connectivity index (χ1v) is 9.90. The Kier molecular flexibility index (Phi) is 5.19. The number of benzene rings is 1. The van der Waals surface area contributed by atoms with Crippen LogP contribution >= 0.6 is 0 Å². The molecule has 30 heavy (non-hydrogen) atoms. The van der Waals surface area contributed by atoms with Crippen LogP contribution in [0.1, 0.15) is 43.1 Å². The zero-order chi connectivity index (χ0) is 21.4. The molecule has 1 amide bonds. The van der Waals surface area contributed by atoms with Crippen molar-refractivity contribution < 1.29 is 18.7 Å². The topological polar surface area (TPSA) is 95.0 Å². The van der Waals surface area contributed by atoms with Crippen molar-refractivity contribution in [3.05, 3.63) is 47.5 Å². The highest BCUT2D eigenvalue weighted by Gasteiger charge is 2.29. The number of primary amides is 1. The maximum Gasteiger partial charge on any atom is 0.254 e. The van der Waals surface area contributed by atoms with Gasteiger partial charge in [-0.1, -0.05) is 6.92 Å². The first-order chi connectivity index (χ1) is 14.4. The molecule has 0 bridgehead atoms. The molecule has 3 aromatic rings. The number of nitrogens with zero attached hydrogens (tertiary/aromatic N) is 4. The van der Waals surface area contributed by atoms with E-state index in [1.54, 1.807) is 12.3 Å². The van der Waals surface area contributed by atoms with Crippen molar-refractivity contribution in [2.24, 2.45) is 5.73 Å². The minimum atomic E-state index is -0.608. The first kappa shape index (κ1) is 19.9. The van der Waals surface area contributed by atoms with Gasteiger partial charge in [0, 0.05) is 12.1 Å². The van der Waals surface area contributed by atoms with Crippen molar-refractivity contribution in [3.8, 4) is 11.5 Å². The van der Waals surface area contributed by atoms with Crippen LogP contribution < -0.4 is 20.1 Å². The van der Waals surface area contributed by atoms with Crippen LogP contribution in [0.2, 0.25) is 0 Å². The van der Waals surface area contributed by atoms with Crippen molar-refractivity contribution in [3.63, 3.8) is 0 Å². The Morgan fingerprint density at radius 2 is 2.27 bits per heavy atom. The van der Waals surface area contributed by atoms with E-state index in [0.717, 1.165) is 6.42 Å².